The summed E-state index contributed by atoms with van der Waals surface area (Å²) in [4.78, 5) is 0. The Bertz CT molecular complexity index is 887. The molecule has 0 saturated carbocycles. The lowest BCUT2D eigenvalue weighted by Crippen LogP contribution is -2.06. The van der Waals surface area contributed by atoms with Gasteiger partial charge in [0.1, 0.15) is 23.3 Å². The van der Waals surface area contributed by atoms with Gasteiger partial charge in [-0.2, -0.15) is 10.4 Å². The van der Waals surface area contributed by atoms with Crippen LogP contribution < -0.4 is 5.73 Å². The zero-order valence-corrected chi connectivity index (χ0v) is 13.3. The van der Waals surface area contributed by atoms with E-state index in [1.807, 2.05) is 31.2 Å². The molecule has 0 radical (unpaired) electrons. The van der Waals surface area contributed by atoms with Gasteiger partial charge in [-0.25, -0.2) is 9.07 Å². The van der Waals surface area contributed by atoms with Gasteiger partial charge in [0.05, 0.1) is 12.2 Å². The number of hydrogen-bond acceptors (Lipinski definition) is 3. The van der Waals surface area contributed by atoms with Gasteiger partial charge in [0.15, 0.2) is 0 Å². The van der Waals surface area contributed by atoms with Crippen molar-refractivity contribution in [3.63, 3.8) is 0 Å². The molecule has 3 rings (SSSR count). The van der Waals surface area contributed by atoms with Crippen molar-refractivity contribution in [3.05, 3.63) is 82.3 Å². The number of benzene rings is 2. The quantitative estimate of drug-likeness (QED) is 0.801. The van der Waals surface area contributed by atoms with E-state index < -0.39 is 0 Å². The summed E-state index contributed by atoms with van der Waals surface area (Å²) in [7, 11) is 0. The van der Waals surface area contributed by atoms with Gasteiger partial charge in [-0.3, -0.25) is 0 Å². The smallest absolute Gasteiger partial charge is 0.140 e. The second-order valence-corrected chi connectivity index (χ2v) is 5.77. The third-order valence-corrected chi connectivity index (χ3v) is 3.91. The third-order valence-electron chi connectivity index (χ3n) is 3.91. The first-order valence-corrected chi connectivity index (χ1v) is 7.62. The van der Waals surface area contributed by atoms with Crippen LogP contribution in [0.1, 0.15) is 27.9 Å². The minimum atomic E-state index is -0.288. The predicted molar refractivity (Wildman–Crippen MR) is 90.8 cm³/mol. The van der Waals surface area contributed by atoms with Crippen LogP contribution in [0.15, 0.2) is 48.5 Å². The fraction of sp³-hybridized carbons (Fsp3) is 0.158. The molecular weight excluding hydrogens is 303 g/mol. The lowest BCUT2D eigenvalue weighted by Gasteiger charge is -2.04. The molecule has 0 fully saturated rings. The number of hydrogen-bond donors (Lipinski definition) is 1. The van der Waals surface area contributed by atoms with Gasteiger partial charge < -0.3 is 5.73 Å². The van der Waals surface area contributed by atoms with E-state index in [1.165, 1.54) is 17.7 Å². The van der Waals surface area contributed by atoms with Gasteiger partial charge in [-0.1, -0.05) is 42.0 Å². The number of anilines is 1. The number of aryl methyl sites for hydroxylation is 1. The van der Waals surface area contributed by atoms with Gasteiger partial charge in [-0.05, 0) is 30.2 Å². The normalized spacial score (nSPS) is 10.5. The molecule has 0 unspecified atom stereocenters. The molecule has 2 N–H and O–H groups in total. The molecule has 2 aromatic carbocycles. The van der Waals surface area contributed by atoms with Crippen LogP contribution in [0, 0.1) is 24.1 Å². The fourth-order valence-corrected chi connectivity index (χ4v) is 2.55. The molecule has 0 aliphatic heterocycles. The zero-order valence-electron chi connectivity index (χ0n) is 13.3. The molecule has 0 aliphatic carbocycles. The molecule has 4 nitrogen and oxygen atoms in total. The van der Waals surface area contributed by atoms with Crippen LogP contribution in [-0.4, -0.2) is 9.78 Å². The molecule has 0 spiro atoms. The first-order chi connectivity index (χ1) is 11.6. The monoisotopic (exact) mass is 320 g/mol. The molecule has 3 aromatic rings. The maximum atomic E-state index is 13.0. The second kappa shape index (κ2) is 6.55. The number of nitrogens with zero attached hydrogens (tertiary/aromatic N) is 3. The van der Waals surface area contributed by atoms with Crippen molar-refractivity contribution in [2.24, 2.45) is 0 Å². The lowest BCUT2D eigenvalue weighted by atomic mass is 10.1. The number of nitrogens with two attached hydrogens (primary N) is 1. The molecule has 5 heteroatoms. The zero-order chi connectivity index (χ0) is 17.1. The van der Waals surface area contributed by atoms with Crippen LogP contribution in [-0.2, 0) is 13.0 Å². The van der Waals surface area contributed by atoms with E-state index in [1.54, 1.807) is 16.8 Å². The van der Waals surface area contributed by atoms with Crippen LogP contribution >= 0.6 is 0 Å². The van der Waals surface area contributed by atoms with E-state index in [-0.39, 0.29) is 5.82 Å². The van der Waals surface area contributed by atoms with Crippen LogP contribution in [0.25, 0.3) is 0 Å². The molecule has 0 amide bonds. The number of halogens is 1. The highest BCUT2D eigenvalue weighted by Crippen LogP contribution is 2.20. The maximum absolute atomic E-state index is 13.0. The van der Waals surface area contributed by atoms with Crippen LogP contribution in [0.4, 0.5) is 10.2 Å². The van der Waals surface area contributed by atoms with Crippen molar-refractivity contribution in [1.29, 1.82) is 5.26 Å². The Hall–Kier alpha value is -3.13. The fourth-order valence-electron chi connectivity index (χ4n) is 2.55. The summed E-state index contributed by atoms with van der Waals surface area (Å²) in [5, 5.41) is 13.9. The predicted octanol–water partition coefficient (Wildman–Crippen LogP) is 3.42. The third kappa shape index (κ3) is 3.28. The standard InChI is InChI=1S/C19H17FN4/c1-13-2-4-15(5-3-13)12-24-19(22)17(11-21)18(23-24)10-14-6-8-16(20)9-7-14/h2-9H,10,12,22H2,1H3. The van der Waals surface area contributed by atoms with E-state index >= 15 is 0 Å². The van der Waals surface area contributed by atoms with Crippen LogP contribution in [0.5, 0.6) is 0 Å². The molecule has 1 heterocycles. The highest BCUT2D eigenvalue weighted by molar-refractivity contribution is 5.53. The minimum absolute atomic E-state index is 0.288. The summed E-state index contributed by atoms with van der Waals surface area (Å²) in [6.45, 7) is 2.53. The molecule has 0 atom stereocenters. The summed E-state index contributed by atoms with van der Waals surface area (Å²) in [5.41, 5.74) is 10.2. The van der Waals surface area contributed by atoms with Gasteiger partial charge >= 0.3 is 0 Å². The highest BCUT2D eigenvalue weighted by Gasteiger charge is 2.16. The SMILES string of the molecule is Cc1ccc(Cn2nc(Cc3ccc(F)cc3)c(C#N)c2N)cc1. The van der Waals surface area contributed by atoms with Gasteiger partial charge in [0.25, 0.3) is 0 Å². The van der Waals surface area contributed by atoms with Crippen molar-refractivity contribution >= 4 is 5.82 Å². The Morgan fingerprint density at radius 1 is 1.08 bits per heavy atom. The molecule has 24 heavy (non-hydrogen) atoms. The van der Waals surface area contributed by atoms with E-state index in [9.17, 15) is 9.65 Å². The molecule has 120 valence electrons. The Morgan fingerprint density at radius 2 is 1.71 bits per heavy atom. The van der Waals surface area contributed by atoms with Crippen LogP contribution in [0.3, 0.4) is 0 Å². The van der Waals surface area contributed by atoms with Gasteiger partial charge in [-0.15, -0.1) is 0 Å². The molecule has 0 bridgehead atoms. The van der Waals surface area contributed by atoms with Crippen molar-refractivity contribution < 1.29 is 4.39 Å². The first kappa shape index (κ1) is 15.8. The van der Waals surface area contributed by atoms with Crippen molar-refractivity contribution in [3.8, 4) is 6.07 Å². The summed E-state index contributed by atoms with van der Waals surface area (Å²) >= 11 is 0. The Kier molecular flexibility index (Phi) is 4.30. The largest absolute Gasteiger partial charge is 0.383 e. The average molecular weight is 320 g/mol. The van der Waals surface area contributed by atoms with Gasteiger partial charge in [0.2, 0.25) is 0 Å². The Labute approximate surface area is 140 Å². The second-order valence-electron chi connectivity index (χ2n) is 5.77. The maximum Gasteiger partial charge on any atom is 0.140 e. The summed E-state index contributed by atoms with van der Waals surface area (Å²) in [6, 6.07) is 16.4. The number of nitrogen functional groups attached to an aromatic ring is 1. The van der Waals surface area contributed by atoms with E-state index in [4.69, 9.17) is 5.73 Å². The molecule has 0 saturated heterocycles. The lowest BCUT2D eigenvalue weighted by molar-refractivity contribution is 0.627. The first-order valence-electron chi connectivity index (χ1n) is 7.62. The van der Waals surface area contributed by atoms with E-state index in [0.717, 1.165) is 11.1 Å². The van der Waals surface area contributed by atoms with Crippen molar-refractivity contribution in [1.82, 2.24) is 9.78 Å². The Morgan fingerprint density at radius 3 is 2.33 bits per heavy atom. The average Bonchev–Trinajstić information content (AvgIpc) is 2.86. The molecule has 0 aliphatic rings. The van der Waals surface area contributed by atoms with Crippen molar-refractivity contribution in [2.45, 2.75) is 19.9 Å². The highest BCUT2D eigenvalue weighted by atomic mass is 19.1. The van der Waals surface area contributed by atoms with Gasteiger partial charge in [0, 0.05) is 6.42 Å². The number of aromatic nitrogens is 2. The summed E-state index contributed by atoms with van der Waals surface area (Å²) in [5.74, 6) is 0.0684. The molecular formula is C19H17FN4. The van der Waals surface area contributed by atoms with E-state index in [2.05, 4.69) is 11.2 Å². The topological polar surface area (TPSA) is 67.6 Å². The minimum Gasteiger partial charge on any atom is -0.383 e. The van der Waals surface area contributed by atoms with E-state index in [0.29, 0.717) is 30.0 Å². The Balaban J connectivity index is 1.89. The van der Waals surface area contributed by atoms with Crippen molar-refractivity contribution in [2.75, 3.05) is 5.73 Å². The summed E-state index contributed by atoms with van der Waals surface area (Å²) in [6.07, 6.45) is 0.439. The number of rotatable bonds is 4. The van der Waals surface area contributed by atoms with Crippen LogP contribution in [0.2, 0.25) is 0 Å². The molecule has 1 aromatic heterocycles. The summed E-state index contributed by atoms with van der Waals surface area (Å²) < 4.78 is 14.7. The number of nitriles is 1.